The molecule has 2 rings (SSSR count). The van der Waals surface area contributed by atoms with Crippen molar-refractivity contribution in [2.45, 2.75) is 19.0 Å². The minimum absolute atomic E-state index is 0.156. The fourth-order valence-electron chi connectivity index (χ4n) is 2.48. The van der Waals surface area contributed by atoms with Gasteiger partial charge in [0.15, 0.2) is 0 Å². The number of likely N-dealkylation sites (tertiary alicyclic amines) is 1. The first kappa shape index (κ1) is 17.2. The first-order valence-electron chi connectivity index (χ1n) is 7.12. The summed E-state index contributed by atoms with van der Waals surface area (Å²) in [5, 5.41) is 2.54. The third-order valence-corrected chi connectivity index (χ3v) is 3.61. The highest BCUT2D eigenvalue weighted by Gasteiger charge is 2.40. The minimum atomic E-state index is -4.48. The molecule has 0 unspecified atom stereocenters. The van der Waals surface area contributed by atoms with Gasteiger partial charge in [-0.3, -0.25) is 9.59 Å². The Kier molecular flexibility index (Phi) is 5.23. The van der Waals surface area contributed by atoms with Crippen LogP contribution >= 0.6 is 0 Å². The summed E-state index contributed by atoms with van der Waals surface area (Å²) in [4.78, 5) is 24.1. The number of nitrogens with one attached hydrogen (secondary N) is 1. The van der Waals surface area contributed by atoms with Crippen LogP contribution < -0.4 is 5.32 Å². The van der Waals surface area contributed by atoms with E-state index in [4.69, 9.17) is 0 Å². The van der Waals surface area contributed by atoms with Gasteiger partial charge in [0.1, 0.15) is 12.4 Å². The highest BCUT2D eigenvalue weighted by Crippen LogP contribution is 2.23. The summed E-state index contributed by atoms with van der Waals surface area (Å²) in [5.41, 5.74) is 0.439. The summed E-state index contributed by atoms with van der Waals surface area (Å²) in [5.74, 6) is -2.35. The molecule has 1 aliphatic rings. The molecule has 1 heterocycles. The van der Waals surface area contributed by atoms with E-state index in [0.29, 0.717) is 10.5 Å². The lowest BCUT2D eigenvalue weighted by Gasteiger charge is -2.18. The van der Waals surface area contributed by atoms with Crippen LogP contribution in [0.1, 0.15) is 12.0 Å². The van der Waals surface area contributed by atoms with Gasteiger partial charge in [-0.25, -0.2) is 4.39 Å². The van der Waals surface area contributed by atoms with Crippen LogP contribution in [-0.4, -0.2) is 42.5 Å². The fraction of sp³-hybridized carbons (Fsp3) is 0.467. The first-order chi connectivity index (χ1) is 10.8. The molecule has 1 saturated heterocycles. The number of hydrogen-bond donors (Lipinski definition) is 1. The van der Waals surface area contributed by atoms with Gasteiger partial charge in [0, 0.05) is 19.5 Å². The molecular weight excluding hydrogens is 316 g/mol. The molecule has 0 saturated carbocycles. The number of carbonyl (C=O) groups is 2. The van der Waals surface area contributed by atoms with Gasteiger partial charge < -0.3 is 10.2 Å². The Labute approximate surface area is 130 Å². The van der Waals surface area contributed by atoms with Crippen molar-refractivity contribution in [3.8, 4) is 0 Å². The standard InChI is InChI=1S/C15H16F4N2O2/c16-12-4-2-1-3-10(12)5-6-20-14(23)11-7-13(22)21(8-11)9-15(17,18)19/h1-4,11H,5-9H2,(H,20,23)/t11-/m1/s1. The highest BCUT2D eigenvalue weighted by atomic mass is 19.4. The van der Waals surface area contributed by atoms with Crippen LogP contribution in [0.25, 0.3) is 0 Å². The molecule has 0 spiro atoms. The lowest BCUT2D eigenvalue weighted by molar-refractivity contribution is -0.157. The summed E-state index contributed by atoms with van der Waals surface area (Å²) in [6.45, 7) is -1.43. The molecule has 8 heteroatoms. The van der Waals surface area contributed by atoms with Crippen LogP contribution in [0.4, 0.5) is 17.6 Å². The van der Waals surface area contributed by atoms with E-state index < -0.39 is 30.5 Å². The van der Waals surface area contributed by atoms with Crippen molar-refractivity contribution in [3.05, 3.63) is 35.6 Å². The Hall–Kier alpha value is -2.12. The van der Waals surface area contributed by atoms with Crippen LogP contribution in [0.5, 0.6) is 0 Å². The van der Waals surface area contributed by atoms with Crippen LogP contribution in [0.15, 0.2) is 24.3 Å². The van der Waals surface area contributed by atoms with E-state index in [-0.39, 0.29) is 31.7 Å². The van der Waals surface area contributed by atoms with Gasteiger partial charge in [0.25, 0.3) is 0 Å². The summed E-state index contributed by atoms with van der Waals surface area (Å²) >= 11 is 0. The summed E-state index contributed by atoms with van der Waals surface area (Å²) in [7, 11) is 0. The lowest BCUT2D eigenvalue weighted by Crippen LogP contribution is -2.37. The molecule has 0 aromatic heterocycles. The smallest absolute Gasteiger partial charge is 0.355 e. The minimum Gasteiger partial charge on any atom is -0.355 e. The second-order valence-corrected chi connectivity index (χ2v) is 5.42. The van der Waals surface area contributed by atoms with E-state index in [1.165, 1.54) is 6.07 Å². The Morgan fingerprint density at radius 3 is 2.65 bits per heavy atom. The SMILES string of the molecule is O=C(NCCc1ccccc1F)[C@@H]1CC(=O)N(CC(F)(F)F)C1. The van der Waals surface area contributed by atoms with Gasteiger partial charge in [-0.05, 0) is 18.1 Å². The van der Waals surface area contributed by atoms with E-state index in [2.05, 4.69) is 5.32 Å². The zero-order chi connectivity index (χ0) is 17.0. The first-order valence-corrected chi connectivity index (χ1v) is 7.12. The second kappa shape index (κ2) is 6.97. The number of hydrogen-bond acceptors (Lipinski definition) is 2. The molecule has 0 radical (unpaired) electrons. The van der Waals surface area contributed by atoms with Crippen LogP contribution in [0.3, 0.4) is 0 Å². The third-order valence-electron chi connectivity index (χ3n) is 3.61. The number of amides is 2. The van der Waals surface area contributed by atoms with E-state index in [1.54, 1.807) is 18.2 Å². The number of rotatable bonds is 5. The molecule has 1 N–H and O–H groups in total. The summed E-state index contributed by atoms with van der Waals surface area (Å²) in [6.07, 6.45) is -4.45. The van der Waals surface area contributed by atoms with Crippen molar-refractivity contribution in [1.82, 2.24) is 10.2 Å². The summed E-state index contributed by atoms with van der Waals surface area (Å²) in [6, 6.07) is 6.12. The normalized spacial score (nSPS) is 18.3. The quantitative estimate of drug-likeness (QED) is 0.837. The molecule has 126 valence electrons. The fourth-order valence-corrected chi connectivity index (χ4v) is 2.48. The van der Waals surface area contributed by atoms with Gasteiger partial charge in [-0.2, -0.15) is 13.2 Å². The Balaban J connectivity index is 1.80. The molecule has 0 bridgehead atoms. The molecule has 4 nitrogen and oxygen atoms in total. The molecule has 0 aliphatic carbocycles. The maximum absolute atomic E-state index is 13.4. The van der Waals surface area contributed by atoms with Crippen molar-refractivity contribution < 1.29 is 27.2 Å². The summed E-state index contributed by atoms with van der Waals surface area (Å²) < 4.78 is 50.3. The molecule has 1 aromatic rings. The lowest BCUT2D eigenvalue weighted by atomic mass is 10.1. The Bertz CT molecular complexity index is 589. The van der Waals surface area contributed by atoms with Gasteiger partial charge >= 0.3 is 6.18 Å². The molecule has 2 amide bonds. The Morgan fingerprint density at radius 1 is 1.30 bits per heavy atom. The molecule has 1 fully saturated rings. The molecule has 23 heavy (non-hydrogen) atoms. The number of nitrogens with zero attached hydrogens (tertiary/aromatic N) is 1. The number of halogens is 4. The largest absolute Gasteiger partial charge is 0.406 e. The van der Waals surface area contributed by atoms with Crippen LogP contribution in [0, 0.1) is 11.7 Å². The van der Waals surface area contributed by atoms with Gasteiger partial charge in [-0.1, -0.05) is 18.2 Å². The van der Waals surface area contributed by atoms with Crippen LogP contribution in [0.2, 0.25) is 0 Å². The van der Waals surface area contributed by atoms with Crippen molar-refractivity contribution >= 4 is 11.8 Å². The average molecular weight is 332 g/mol. The second-order valence-electron chi connectivity index (χ2n) is 5.42. The van der Waals surface area contributed by atoms with Crippen molar-refractivity contribution in [2.24, 2.45) is 5.92 Å². The van der Waals surface area contributed by atoms with Gasteiger partial charge in [0.05, 0.1) is 5.92 Å². The predicted molar refractivity (Wildman–Crippen MR) is 73.9 cm³/mol. The van der Waals surface area contributed by atoms with E-state index in [9.17, 15) is 27.2 Å². The van der Waals surface area contributed by atoms with Crippen molar-refractivity contribution in [1.29, 1.82) is 0 Å². The topological polar surface area (TPSA) is 49.4 Å². The maximum Gasteiger partial charge on any atom is 0.406 e. The maximum atomic E-state index is 13.4. The average Bonchev–Trinajstić information content (AvgIpc) is 2.80. The monoisotopic (exact) mass is 332 g/mol. The predicted octanol–water partition coefficient (Wildman–Crippen LogP) is 1.90. The number of benzene rings is 1. The zero-order valence-electron chi connectivity index (χ0n) is 12.2. The van der Waals surface area contributed by atoms with Crippen LogP contribution in [-0.2, 0) is 16.0 Å². The van der Waals surface area contributed by atoms with E-state index in [0.717, 1.165) is 0 Å². The van der Waals surface area contributed by atoms with Gasteiger partial charge in [0.2, 0.25) is 11.8 Å². The molecular formula is C15H16F4N2O2. The van der Waals surface area contributed by atoms with E-state index >= 15 is 0 Å². The van der Waals surface area contributed by atoms with Gasteiger partial charge in [-0.15, -0.1) is 0 Å². The third kappa shape index (κ3) is 4.94. The number of carbonyl (C=O) groups excluding carboxylic acids is 2. The zero-order valence-corrected chi connectivity index (χ0v) is 12.2. The van der Waals surface area contributed by atoms with Crippen molar-refractivity contribution in [3.63, 3.8) is 0 Å². The molecule has 1 aliphatic heterocycles. The molecule has 1 atom stereocenters. The number of alkyl halides is 3. The van der Waals surface area contributed by atoms with E-state index in [1.807, 2.05) is 0 Å². The van der Waals surface area contributed by atoms with Crippen molar-refractivity contribution in [2.75, 3.05) is 19.6 Å². The Morgan fingerprint density at radius 2 is 2.00 bits per heavy atom. The molecule has 1 aromatic carbocycles. The highest BCUT2D eigenvalue weighted by molar-refractivity contribution is 5.89.